The van der Waals surface area contributed by atoms with Gasteiger partial charge in [0.05, 0.1) is 1.37 Å². The Morgan fingerprint density at radius 1 is 1.75 bits per heavy atom. The van der Waals surface area contributed by atoms with Gasteiger partial charge in [-0.05, 0) is 26.2 Å². The van der Waals surface area contributed by atoms with E-state index in [0.717, 1.165) is 18.4 Å². The van der Waals surface area contributed by atoms with Crippen molar-refractivity contribution >= 4 is 0 Å². The van der Waals surface area contributed by atoms with Crippen LogP contribution in [0.3, 0.4) is 0 Å². The molecule has 0 amide bonds. The average Bonchev–Trinajstić information content (AvgIpc) is 1.83. The lowest BCUT2D eigenvalue weighted by molar-refractivity contribution is 0.786. The Balaban J connectivity index is 2.84. The van der Waals surface area contributed by atoms with Crippen LogP contribution >= 0.6 is 0 Å². The van der Waals surface area contributed by atoms with Gasteiger partial charge in [-0.25, -0.2) is 0 Å². The van der Waals surface area contributed by atoms with E-state index in [2.05, 4.69) is 6.58 Å². The topological polar surface area (TPSA) is 0 Å². The largest absolute Gasteiger partial charge is 0.0958 e. The van der Waals surface area contributed by atoms with Crippen molar-refractivity contribution < 1.29 is 1.37 Å². The van der Waals surface area contributed by atoms with Gasteiger partial charge < -0.3 is 0 Å². The van der Waals surface area contributed by atoms with E-state index in [1.807, 2.05) is 6.92 Å². The average molecular weight is 109 g/mol. The van der Waals surface area contributed by atoms with E-state index in [1.54, 1.807) is 0 Å². The fourth-order valence-corrected chi connectivity index (χ4v) is 0.994. The predicted octanol–water partition coefficient (Wildman–Crippen LogP) is 2.67. The minimum atomic E-state index is 0.696. The zero-order valence-corrected chi connectivity index (χ0v) is 5.33. The fraction of sp³-hybridized carbons (Fsp3) is 0.500. The van der Waals surface area contributed by atoms with Gasteiger partial charge in [0.15, 0.2) is 0 Å². The molecular formula is C8H12. The van der Waals surface area contributed by atoms with Crippen LogP contribution in [0.4, 0.5) is 0 Å². The predicted molar refractivity (Wildman–Crippen MR) is 36.7 cm³/mol. The van der Waals surface area contributed by atoms with Gasteiger partial charge in [-0.2, -0.15) is 0 Å². The summed E-state index contributed by atoms with van der Waals surface area (Å²) in [4.78, 5) is 0. The molecule has 0 N–H and O–H groups in total. The van der Waals surface area contributed by atoms with Crippen LogP contribution in [0, 0.1) is 0 Å². The number of allylic oxidation sites excluding steroid dienone is 3. The first-order valence-corrected chi connectivity index (χ1v) is 3.06. The van der Waals surface area contributed by atoms with Crippen LogP contribution in [0.1, 0.15) is 27.6 Å². The second-order valence-corrected chi connectivity index (χ2v) is 2.36. The maximum absolute atomic E-state index is 7.46. The van der Waals surface area contributed by atoms with Gasteiger partial charge in [0, 0.05) is 0 Å². The van der Waals surface area contributed by atoms with Gasteiger partial charge in [-0.15, -0.1) is 0 Å². The van der Waals surface area contributed by atoms with Crippen molar-refractivity contribution in [1.82, 2.24) is 0 Å². The van der Waals surface area contributed by atoms with Crippen LogP contribution in [0.25, 0.3) is 0 Å². The summed E-state index contributed by atoms with van der Waals surface area (Å²) in [5, 5.41) is 0. The first-order valence-electron chi connectivity index (χ1n) is 3.56. The molecule has 0 atom stereocenters. The van der Waals surface area contributed by atoms with Crippen LogP contribution in [0.5, 0.6) is 0 Å². The lowest BCUT2D eigenvalue weighted by Crippen LogP contribution is -1.88. The van der Waals surface area contributed by atoms with Crippen LogP contribution in [-0.4, -0.2) is 0 Å². The first-order chi connectivity index (χ1) is 4.22. The molecule has 0 aromatic heterocycles. The highest BCUT2D eigenvalue weighted by atomic mass is 14.1. The molecule has 0 heteroatoms. The van der Waals surface area contributed by atoms with Crippen LogP contribution in [0.15, 0.2) is 23.8 Å². The highest BCUT2D eigenvalue weighted by Gasteiger charge is 1.99. The molecule has 0 bridgehead atoms. The van der Waals surface area contributed by atoms with Gasteiger partial charge in [0.25, 0.3) is 0 Å². The molecule has 0 aromatic rings. The molecule has 0 fully saturated rings. The Kier molecular flexibility index (Phi) is 1.18. The molecule has 0 saturated carbocycles. The molecule has 0 unspecified atom stereocenters. The highest BCUT2D eigenvalue weighted by molar-refractivity contribution is 5.22. The van der Waals surface area contributed by atoms with E-state index in [-0.39, 0.29) is 0 Å². The Morgan fingerprint density at radius 3 is 3.00 bits per heavy atom. The quantitative estimate of drug-likeness (QED) is 0.448. The summed E-state index contributed by atoms with van der Waals surface area (Å²) in [6.45, 7) is 5.82. The molecule has 0 radical (unpaired) electrons. The normalized spacial score (nSPS) is 23.6. The van der Waals surface area contributed by atoms with Crippen LogP contribution in [-0.2, 0) is 0 Å². The number of rotatable bonds is 0. The molecular weight excluding hydrogens is 96.1 g/mol. The molecule has 0 aliphatic heterocycles. The summed E-state index contributed by atoms with van der Waals surface area (Å²) >= 11 is 0. The van der Waals surface area contributed by atoms with E-state index in [1.165, 1.54) is 12.0 Å². The molecule has 44 valence electrons. The van der Waals surface area contributed by atoms with Crippen LogP contribution in [0.2, 0.25) is 0 Å². The summed E-state index contributed by atoms with van der Waals surface area (Å²) in [5.41, 5.74) is 2.21. The molecule has 1 rings (SSSR count). The SMILES string of the molecule is [2H]C1=C(C)CCCC1=C. The second-order valence-electron chi connectivity index (χ2n) is 2.36. The van der Waals surface area contributed by atoms with Crippen molar-refractivity contribution in [2.24, 2.45) is 0 Å². The van der Waals surface area contributed by atoms with Gasteiger partial charge in [0.2, 0.25) is 0 Å². The van der Waals surface area contributed by atoms with Crippen molar-refractivity contribution in [1.29, 1.82) is 0 Å². The Hall–Kier alpha value is -0.520. The molecule has 8 heavy (non-hydrogen) atoms. The third kappa shape index (κ3) is 1.22. The van der Waals surface area contributed by atoms with E-state index in [4.69, 9.17) is 1.37 Å². The van der Waals surface area contributed by atoms with Gasteiger partial charge in [-0.3, -0.25) is 0 Å². The third-order valence-electron chi connectivity index (χ3n) is 1.42. The Morgan fingerprint density at radius 2 is 2.50 bits per heavy atom. The molecule has 0 aromatic carbocycles. The van der Waals surface area contributed by atoms with E-state index in [0.29, 0.717) is 6.05 Å². The van der Waals surface area contributed by atoms with Crippen molar-refractivity contribution in [3.8, 4) is 0 Å². The van der Waals surface area contributed by atoms with Crippen molar-refractivity contribution in [3.63, 3.8) is 0 Å². The summed E-state index contributed by atoms with van der Waals surface area (Å²) in [7, 11) is 0. The third-order valence-corrected chi connectivity index (χ3v) is 1.42. The van der Waals surface area contributed by atoms with Crippen molar-refractivity contribution in [3.05, 3.63) is 23.8 Å². The lowest BCUT2D eigenvalue weighted by atomic mass is 9.98. The van der Waals surface area contributed by atoms with E-state index >= 15 is 0 Å². The zero-order valence-electron chi connectivity index (χ0n) is 6.33. The van der Waals surface area contributed by atoms with Gasteiger partial charge >= 0.3 is 0 Å². The Bertz CT molecular complexity index is 165. The smallest absolute Gasteiger partial charge is 0.0625 e. The molecule has 1 aliphatic carbocycles. The monoisotopic (exact) mass is 109 g/mol. The van der Waals surface area contributed by atoms with Crippen molar-refractivity contribution in [2.45, 2.75) is 26.2 Å². The Labute approximate surface area is 52.3 Å². The molecule has 0 spiro atoms. The molecule has 0 saturated heterocycles. The maximum Gasteiger partial charge on any atom is 0.0625 e. The summed E-state index contributed by atoms with van der Waals surface area (Å²) in [5.74, 6) is 0. The minimum Gasteiger partial charge on any atom is -0.0958 e. The van der Waals surface area contributed by atoms with E-state index < -0.39 is 0 Å². The highest BCUT2D eigenvalue weighted by Crippen LogP contribution is 2.19. The second kappa shape index (κ2) is 2.17. The van der Waals surface area contributed by atoms with Gasteiger partial charge in [0.1, 0.15) is 0 Å². The summed E-state index contributed by atoms with van der Waals surface area (Å²) < 4.78 is 7.46. The number of hydrogen-bond acceptors (Lipinski definition) is 0. The summed E-state index contributed by atoms with van der Waals surface area (Å²) in [6, 6.07) is 0.696. The first kappa shape index (κ1) is 4.37. The molecule has 1 aliphatic rings. The minimum absolute atomic E-state index is 0.696. The van der Waals surface area contributed by atoms with Crippen LogP contribution < -0.4 is 0 Å². The molecule has 0 heterocycles. The number of hydrogen-bond donors (Lipinski definition) is 0. The van der Waals surface area contributed by atoms with Gasteiger partial charge in [-0.1, -0.05) is 23.8 Å². The fourth-order valence-electron chi connectivity index (χ4n) is 0.994. The summed E-state index contributed by atoms with van der Waals surface area (Å²) in [6.07, 6.45) is 3.31. The molecule has 0 nitrogen and oxygen atoms in total. The lowest BCUT2D eigenvalue weighted by Gasteiger charge is -2.08. The zero-order chi connectivity index (χ0) is 6.85. The maximum atomic E-state index is 7.46. The van der Waals surface area contributed by atoms with Crippen molar-refractivity contribution in [2.75, 3.05) is 0 Å². The standard InChI is InChI=1S/C8H12/c1-7-4-3-5-8(2)6-7/h6H,1,3-5H2,2H3/i6D. The van der Waals surface area contributed by atoms with E-state index in [9.17, 15) is 0 Å².